The van der Waals surface area contributed by atoms with Crippen LogP contribution in [0.25, 0.3) is 0 Å². The molecule has 3 N–H and O–H groups in total. The van der Waals surface area contributed by atoms with Gasteiger partial charge in [-0.1, -0.05) is 6.07 Å². The lowest BCUT2D eigenvalue weighted by Gasteiger charge is -2.10. The third-order valence-corrected chi connectivity index (χ3v) is 3.22. The van der Waals surface area contributed by atoms with Gasteiger partial charge in [-0.25, -0.2) is 4.39 Å². The summed E-state index contributed by atoms with van der Waals surface area (Å²) in [4.78, 5) is 34.3. The van der Waals surface area contributed by atoms with E-state index in [-0.39, 0.29) is 11.1 Å². The lowest BCUT2D eigenvalue weighted by Crippen LogP contribution is -2.29. The van der Waals surface area contributed by atoms with Crippen molar-refractivity contribution in [1.29, 1.82) is 0 Å². The molecule has 0 atom stereocenters. The Bertz CT molecular complexity index is 805. The van der Waals surface area contributed by atoms with E-state index in [4.69, 9.17) is 5.11 Å². The largest absolute Gasteiger partial charge is 0.480 e. The molecule has 0 spiro atoms. The van der Waals surface area contributed by atoms with Gasteiger partial charge in [-0.3, -0.25) is 14.4 Å². The Morgan fingerprint density at radius 1 is 1.04 bits per heavy atom. The smallest absolute Gasteiger partial charge is 0.322 e. The van der Waals surface area contributed by atoms with Crippen molar-refractivity contribution in [2.24, 2.45) is 0 Å². The molecule has 2 aromatic carbocycles. The molecule has 6 nitrogen and oxygen atoms in total. The number of benzene rings is 2. The zero-order valence-electron chi connectivity index (χ0n) is 12.8. The lowest BCUT2D eigenvalue weighted by atomic mass is 10.1. The quantitative estimate of drug-likeness (QED) is 0.783. The van der Waals surface area contributed by atoms with Crippen LogP contribution >= 0.6 is 0 Å². The number of hydrogen-bond donors (Lipinski definition) is 3. The molecule has 0 fully saturated rings. The van der Waals surface area contributed by atoms with Crippen molar-refractivity contribution in [3.63, 3.8) is 0 Å². The van der Waals surface area contributed by atoms with Gasteiger partial charge < -0.3 is 15.7 Å². The first kappa shape index (κ1) is 17.1. The van der Waals surface area contributed by atoms with Crippen molar-refractivity contribution in [1.82, 2.24) is 5.32 Å². The number of carbonyl (C=O) groups excluding carboxylic acids is 2. The number of carboxylic acids is 1. The van der Waals surface area contributed by atoms with E-state index in [1.54, 1.807) is 6.92 Å². The van der Waals surface area contributed by atoms with E-state index in [0.29, 0.717) is 11.3 Å². The summed E-state index contributed by atoms with van der Waals surface area (Å²) in [6, 6.07) is 9.81. The molecule has 24 heavy (non-hydrogen) atoms. The Morgan fingerprint density at radius 3 is 2.38 bits per heavy atom. The van der Waals surface area contributed by atoms with E-state index in [1.165, 1.54) is 36.4 Å². The summed E-state index contributed by atoms with van der Waals surface area (Å²) in [6.07, 6.45) is 0. The monoisotopic (exact) mass is 330 g/mol. The topological polar surface area (TPSA) is 95.5 Å². The zero-order chi connectivity index (χ0) is 17.7. The Balaban J connectivity index is 2.11. The average Bonchev–Trinajstić information content (AvgIpc) is 2.54. The molecule has 2 rings (SSSR count). The first-order valence-corrected chi connectivity index (χ1v) is 7.04. The minimum atomic E-state index is -1.14. The third kappa shape index (κ3) is 4.39. The van der Waals surface area contributed by atoms with Gasteiger partial charge in [0.1, 0.15) is 12.4 Å². The number of amides is 2. The maximum Gasteiger partial charge on any atom is 0.322 e. The van der Waals surface area contributed by atoms with E-state index in [2.05, 4.69) is 10.6 Å². The highest BCUT2D eigenvalue weighted by Gasteiger charge is 2.12. The highest BCUT2D eigenvalue weighted by Crippen LogP contribution is 2.18. The number of anilines is 1. The summed E-state index contributed by atoms with van der Waals surface area (Å²) >= 11 is 0. The highest BCUT2D eigenvalue weighted by molar-refractivity contribution is 6.05. The van der Waals surface area contributed by atoms with Gasteiger partial charge >= 0.3 is 5.97 Å². The molecule has 0 aliphatic rings. The van der Waals surface area contributed by atoms with Crippen LogP contribution in [-0.2, 0) is 4.79 Å². The molecule has 2 aromatic rings. The standard InChI is InChI=1S/C17H15FN2O4/c1-10-7-12(16(23)19-9-15(21)22)5-6-14(10)20-17(24)11-3-2-4-13(18)8-11/h2-8H,9H2,1H3,(H,19,23)(H,20,24)(H,21,22). The first-order chi connectivity index (χ1) is 11.4. The van der Waals surface area contributed by atoms with Gasteiger partial charge in [-0.2, -0.15) is 0 Å². The molecule has 124 valence electrons. The molecular formula is C17H15FN2O4. The van der Waals surface area contributed by atoms with Crippen LogP contribution in [0.1, 0.15) is 26.3 Å². The number of carboxylic acid groups (broad SMARTS) is 1. The van der Waals surface area contributed by atoms with Crippen LogP contribution in [-0.4, -0.2) is 29.4 Å². The Labute approximate surface area is 137 Å². The number of hydrogen-bond acceptors (Lipinski definition) is 3. The average molecular weight is 330 g/mol. The molecule has 2 amide bonds. The normalized spacial score (nSPS) is 10.1. The van der Waals surface area contributed by atoms with Gasteiger partial charge in [0.25, 0.3) is 11.8 Å². The SMILES string of the molecule is Cc1cc(C(=O)NCC(=O)O)ccc1NC(=O)c1cccc(F)c1. The van der Waals surface area contributed by atoms with Gasteiger partial charge in [-0.15, -0.1) is 0 Å². The summed E-state index contributed by atoms with van der Waals surface area (Å²) in [5, 5.41) is 13.4. The van der Waals surface area contributed by atoms with E-state index in [0.717, 1.165) is 6.07 Å². The second kappa shape index (κ2) is 7.36. The van der Waals surface area contributed by atoms with Gasteiger partial charge in [0.15, 0.2) is 0 Å². The fraction of sp³-hybridized carbons (Fsp3) is 0.118. The number of aliphatic carboxylic acids is 1. The summed E-state index contributed by atoms with van der Waals surface area (Å²) in [5.74, 6) is -2.65. The van der Waals surface area contributed by atoms with Crippen LogP contribution in [0.3, 0.4) is 0 Å². The minimum absolute atomic E-state index is 0.178. The molecule has 0 unspecified atom stereocenters. The fourth-order valence-electron chi connectivity index (χ4n) is 2.03. The zero-order valence-corrected chi connectivity index (χ0v) is 12.8. The van der Waals surface area contributed by atoms with E-state index in [9.17, 15) is 18.8 Å². The van der Waals surface area contributed by atoms with Crippen LogP contribution in [0.5, 0.6) is 0 Å². The Kier molecular flexibility index (Phi) is 5.26. The molecule has 0 aliphatic carbocycles. The first-order valence-electron chi connectivity index (χ1n) is 7.04. The van der Waals surface area contributed by atoms with Crippen molar-refractivity contribution < 1.29 is 23.9 Å². The molecule has 0 bridgehead atoms. The van der Waals surface area contributed by atoms with Crippen molar-refractivity contribution in [2.45, 2.75) is 6.92 Å². The third-order valence-electron chi connectivity index (χ3n) is 3.22. The van der Waals surface area contributed by atoms with Gasteiger partial charge in [-0.05, 0) is 48.9 Å². The van der Waals surface area contributed by atoms with Crippen molar-refractivity contribution >= 4 is 23.5 Å². The number of nitrogens with one attached hydrogen (secondary N) is 2. The van der Waals surface area contributed by atoms with E-state index in [1.807, 2.05) is 0 Å². The maximum atomic E-state index is 13.2. The summed E-state index contributed by atoms with van der Waals surface area (Å²) < 4.78 is 13.2. The predicted octanol–water partition coefficient (Wildman–Crippen LogP) is 2.20. The molecule has 0 saturated heterocycles. The lowest BCUT2D eigenvalue weighted by molar-refractivity contribution is -0.135. The summed E-state index contributed by atoms with van der Waals surface area (Å²) in [6.45, 7) is 1.21. The summed E-state index contributed by atoms with van der Waals surface area (Å²) in [7, 11) is 0. The molecule has 0 radical (unpaired) electrons. The van der Waals surface area contributed by atoms with Crippen molar-refractivity contribution in [3.05, 3.63) is 65.0 Å². The number of halogens is 1. The van der Waals surface area contributed by atoms with Crippen LogP contribution in [0.15, 0.2) is 42.5 Å². The Hall–Kier alpha value is -3.22. The molecular weight excluding hydrogens is 315 g/mol. The van der Waals surface area contributed by atoms with Crippen molar-refractivity contribution in [2.75, 3.05) is 11.9 Å². The second-order valence-electron chi connectivity index (χ2n) is 5.07. The van der Waals surface area contributed by atoms with Crippen LogP contribution in [0, 0.1) is 12.7 Å². The van der Waals surface area contributed by atoms with Gasteiger partial charge in [0, 0.05) is 16.8 Å². The highest BCUT2D eigenvalue weighted by atomic mass is 19.1. The predicted molar refractivity (Wildman–Crippen MR) is 85.5 cm³/mol. The van der Waals surface area contributed by atoms with Crippen molar-refractivity contribution in [3.8, 4) is 0 Å². The second-order valence-corrected chi connectivity index (χ2v) is 5.07. The maximum absolute atomic E-state index is 13.2. The number of aryl methyl sites for hydroxylation is 1. The summed E-state index contributed by atoms with van der Waals surface area (Å²) in [5.41, 5.74) is 1.54. The van der Waals surface area contributed by atoms with E-state index >= 15 is 0 Å². The number of rotatable bonds is 5. The van der Waals surface area contributed by atoms with E-state index < -0.39 is 30.1 Å². The molecule has 0 heterocycles. The van der Waals surface area contributed by atoms with Crippen LogP contribution < -0.4 is 10.6 Å². The molecule has 0 saturated carbocycles. The van der Waals surface area contributed by atoms with Gasteiger partial charge in [0.2, 0.25) is 0 Å². The molecule has 7 heteroatoms. The fourth-order valence-corrected chi connectivity index (χ4v) is 2.03. The molecule has 0 aromatic heterocycles. The van der Waals surface area contributed by atoms with Gasteiger partial charge in [0.05, 0.1) is 0 Å². The number of carbonyl (C=O) groups is 3. The van der Waals surface area contributed by atoms with Crippen LogP contribution in [0.4, 0.5) is 10.1 Å². The van der Waals surface area contributed by atoms with Crippen LogP contribution in [0.2, 0.25) is 0 Å². The minimum Gasteiger partial charge on any atom is -0.480 e. The molecule has 0 aliphatic heterocycles. The Morgan fingerprint density at radius 2 is 1.75 bits per heavy atom.